The molecule has 26 heavy (non-hydrogen) atoms. The molecule has 1 fully saturated rings. The van der Waals surface area contributed by atoms with E-state index >= 15 is 0 Å². The third-order valence-corrected chi connectivity index (χ3v) is 3.86. The Kier molecular flexibility index (Phi) is 8.12. The lowest BCUT2D eigenvalue weighted by atomic mass is 10.1. The Morgan fingerprint density at radius 2 is 2.12 bits per heavy atom. The number of hydrogen-bond donors (Lipinski definition) is 3. The topological polar surface area (TPSA) is 123 Å². The van der Waals surface area contributed by atoms with Gasteiger partial charge in [-0.15, -0.1) is 0 Å². The molecule has 10 heteroatoms. The Bertz CT molecular complexity index is 668. The molecule has 1 aromatic rings. The maximum absolute atomic E-state index is 14.1. The van der Waals surface area contributed by atoms with Gasteiger partial charge in [-0.3, -0.25) is 9.88 Å². The van der Waals surface area contributed by atoms with Gasteiger partial charge in [0.1, 0.15) is 12.2 Å². The van der Waals surface area contributed by atoms with Crippen LogP contribution in [0.3, 0.4) is 0 Å². The SMILES string of the molecule is C.CCCCCOC(=O)Nc1nc(=O)n(C2O[C@H](C)[C@@H](O)[C@H]2O)cc1F. The lowest BCUT2D eigenvalue weighted by Crippen LogP contribution is -2.36. The monoisotopic (exact) mass is 375 g/mol. The third-order valence-electron chi connectivity index (χ3n) is 3.86. The minimum Gasteiger partial charge on any atom is -0.449 e. The number of rotatable bonds is 6. The maximum Gasteiger partial charge on any atom is 0.412 e. The number of ether oxygens (including phenoxy) is 2. The van der Waals surface area contributed by atoms with Gasteiger partial charge in [0.15, 0.2) is 17.9 Å². The van der Waals surface area contributed by atoms with Crippen LogP contribution < -0.4 is 11.0 Å². The zero-order chi connectivity index (χ0) is 18.6. The number of carbonyl (C=O) groups excluding carboxylic acids is 1. The molecule has 0 spiro atoms. The number of carbonyl (C=O) groups is 1. The molecular formula is C16H26FN3O6. The molecule has 0 radical (unpaired) electrons. The molecule has 1 amide bonds. The Morgan fingerprint density at radius 1 is 1.42 bits per heavy atom. The van der Waals surface area contributed by atoms with Crippen molar-refractivity contribution in [3.8, 4) is 0 Å². The van der Waals surface area contributed by atoms with Crippen LogP contribution in [0.15, 0.2) is 11.0 Å². The minimum absolute atomic E-state index is 0. The summed E-state index contributed by atoms with van der Waals surface area (Å²) in [4.78, 5) is 27.0. The molecule has 1 aliphatic heterocycles. The van der Waals surface area contributed by atoms with Crippen molar-refractivity contribution < 1.29 is 28.9 Å². The van der Waals surface area contributed by atoms with Crippen LogP contribution in [0.5, 0.6) is 0 Å². The normalized spacial score (nSPS) is 24.8. The second-order valence-corrected chi connectivity index (χ2v) is 5.81. The van der Waals surface area contributed by atoms with E-state index < -0.39 is 48.0 Å². The van der Waals surface area contributed by atoms with Crippen molar-refractivity contribution in [3.05, 3.63) is 22.5 Å². The first-order chi connectivity index (χ1) is 11.8. The summed E-state index contributed by atoms with van der Waals surface area (Å²) in [6.07, 6.45) is -2.25. The summed E-state index contributed by atoms with van der Waals surface area (Å²) in [5.41, 5.74) is -0.951. The Hall–Kier alpha value is -2.04. The Labute approximate surface area is 150 Å². The molecule has 0 aliphatic carbocycles. The van der Waals surface area contributed by atoms with Crippen molar-refractivity contribution in [2.75, 3.05) is 11.9 Å². The Balaban J connectivity index is 0.00000338. The first-order valence-corrected chi connectivity index (χ1v) is 8.09. The molecule has 1 unspecified atom stereocenters. The van der Waals surface area contributed by atoms with Crippen LogP contribution in [-0.4, -0.2) is 50.8 Å². The quantitative estimate of drug-likeness (QED) is 0.642. The number of anilines is 1. The second-order valence-electron chi connectivity index (χ2n) is 5.81. The number of amides is 1. The number of aliphatic hydroxyl groups is 2. The van der Waals surface area contributed by atoms with Gasteiger partial charge in [-0.2, -0.15) is 4.98 Å². The predicted molar refractivity (Wildman–Crippen MR) is 91.3 cm³/mol. The predicted octanol–water partition coefficient (Wildman–Crippen LogP) is 1.40. The van der Waals surface area contributed by atoms with E-state index in [1.165, 1.54) is 6.92 Å². The van der Waals surface area contributed by atoms with Gasteiger partial charge in [0.25, 0.3) is 0 Å². The van der Waals surface area contributed by atoms with Crippen LogP contribution in [0.2, 0.25) is 0 Å². The highest BCUT2D eigenvalue weighted by atomic mass is 19.1. The molecule has 3 N–H and O–H groups in total. The average molecular weight is 375 g/mol. The van der Waals surface area contributed by atoms with Crippen molar-refractivity contribution in [2.24, 2.45) is 0 Å². The van der Waals surface area contributed by atoms with E-state index in [9.17, 15) is 24.2 Å². The van der Waals surface area contributed by atoms with Crippen molar-refractivity contribution in [1.82, 2.24) is 9.55 Å². The smallest absolute Gasteiger partial charge is 0.412 e. The van der Waals surface area contributed by atoms with Crippen LogP contribution in [-0.2, 0) is 9.47 Å². The summed E-state index contributed by atoms with van der Waals surface area (Å²) in [7, 11) is 0. The highest BCUT2D eigenvalue weighted by Gasteiger charge is 2.42. The molecule has 2 heterocycles. The molecule has 1 aliphatic rings. The van der Waals surface area contributed by atoms with E-state index in [1.54, 1.807) is 0 Å². The van der Waals surface area contributed by atoms with E-state index in [0.717, 1.165) is 23.6 Å². The van der Waals surface area contributed by atoms with Crippen LogP contribution in [0.4, 0.5) is 15.0 Å². The number of nitrogens with zero attached hydrogens (tertiary/aromatic N) is 2. The zero-order valence-electron chi connectivity index (χ0n) is 14.0. The van der Waals surface area contributed by atoms with Crippen molar-refractivity contribution >= 4 is 11.9 Å². The number of halogens is 1. The number of nitrogens with one attached hydrogen (secondary N) is 1. The summed E-state index contributed by atoms with van der Waals surface area (Å²) >= 11 is 0. The van der Waals surface area contributed by atoms with Crippen molar-refractivity contribution in [1.29, 1.82) is 0 Å². The van der Waals surface area contributed by atoms with Gasteiger partial charge in [0, 0.05) is 0 Å². The molecule has 1 saturated heterocycles. The lowest BCUT2D eigenvalue weighted by molar-refractivity contribution is -0.0355. The third kappa shape index (κ3) is 4.99. The zero-order valence-corrected chi connectivity index (χ0v) is 14.0. The molecule has 2 rings (SSSR count). The second kappa shape index (κ2) is 9.60. The molecule has 1 aromatic heterocycles. The van der Waals surface area contributed by atoms with Gasteiger partial charge < -0.3 is 19.7 Å². The fourth-order valence-electron chi connectivity index (χ4n) is 2.42. The Morgan fingerprint density at radius 3 is 2.69 bits per heavy atom. The first-order valence-electron chi connectivity index (χ1n) is 8.09. The van der Waals surface area contributed by atoms with Gasteiger partial charge in [0.05, 0.1) is 18.9 Å². The lowest BCUT2D eigenvalue weighted by Gasteiger charge is -2.17. The standard InChI is InChI=1S/C15H22FN3O6.CH4/c1-3-4-5-6-24-15(23)18-12-9(16)7-19(14(22)17-12)13-11(21)10(20)8(2)25-13;/h7-8,10-11,13,20-21H,3-6H2,1-2H3,(H,17,18,22,23);1H4/t8-,10-,11-,13?;/m1./s1. The van der Waals surface area contributed by atoms with Gasteiger partial charge in [0.2, 0.25) is 0 Å². The molecule has 4 atom stereocenters. The highest BCUT2D eigenvalue weighted by molar-refractivity contribution is 5.83. The molecule has 0 bridgehead atoms. The largest absolute Gasteiger partial charge is 0.449 e. The minimum atomic E-state index is -1.41. The average Bonchev–Trinajstić information content (AvgIpc) is 2.82. The van der Waals surface area contributed by atoms with Crippen LogP contribution in [0.1, 0.15) is 46.8 Å². The molecule has 0 aromatic carbocycles. The van der Waals surface area contributed by atoms with Gasteiger partial charge in [-0.25, -0.2) is 14.0 Å². The summed E-state index contributed by atoms with van der Waals surface area (Å²) in [6, 6.07) is 0. The van der Waals surface area contributed by atoms with Gasteiger partial charge in [-0.1, -0.05) is 27.2 Å². The molecule has 0 saturated carbocycles. The van der Waals surface area contributed by atoms with E-state index in [0.29, 0.717) is 6.42 Å². The fraction of sp³-hybridized carbons (Fsp3) is 0.688. The molecular weight excluding hydrogens is 349 g/mol. The van der Waals surface area contributed by atoms with E-state index in [-0.39, 0.29) is 14.0 Å². The van der Waals surface area contributed by atoms with Crippen LogP contribution >= 0.6 is 0 Å². The van der Waals surface area contributed by atoms with E-state index in [1.807, 2.05) is 6.92 Å². The molecule has 9 nitrogen and oxygen atoms in total. The number of aliphatic hydroxyl groups excluding tert-OH is 2. The summed E-state index contributed by atoms with van der Waals surface area (Å²) in [6.45, 7) is 3.68. The molecule has 148 valence electrons. The first kappa shape index (κ1) is 22.0. The number of hydrogen-bond acceptors (Lipinski definition) is 7. The van der Waals surface area contributed by atoms with Crippen molar-refractivity contribution in [2.45, 2.75) is 65.1 Å². The number of unbranched alkanes of at least 4 members (excludes halogenated alkanes) is 2. The van der Waals surface area contributed by atoms with Gasteiger partial charge >= 0.3 is 11.8 Å². The van der Waals surface area contributed by atoms with E-state index in [2.05, 4.69) is 10.3 Å². The maximum atomic E-state index is 14.1. The van der Waals surface area contributed by atoms with Crippen LogP contribution in [0.25, 0.3) is 0 Å². The van der Waals surface area contributed by atoms with E-state index in [4.69, 9.17) is 9.47 Å². The highest BCUT2D eigenvalue weighted by Crippen LogP contribution is 2.28. The van der Waals surface area contributed by atoms with Crippen molar-refractivity contribution in [3.63, 3.8) is 0 Å². The van der Waals surface area contributed by atoms with Gasteiger partial charge in [-0.05, 0) is 13.3 Å². The van der Waals surface area contributed by atoms with Crippen LogP contribution in [0, 0.1) is 5.82 Å². The fourth-order valence-corrected chi connectivity index (χ4v) is 2.42. The summed E-state index contributed by atoms with van der Waals surface area (Å²) < 4.78 is 24.9. The summed E-state index contributed by atoms with van der Waals surface area (Å²) in [5.74, 6) is -1.59. The summed E-state index contributed by atoms with van der Waals surface area (Å²) in [5, 5.41) is 21.6. The number of aromatic nitrogens is 2.